The molecule has 0 spiro atoms. The Morgan fingerprint density at radius 2 is 2.12 bits per heavy atom. The van der Waals surface area contributed by atoms with Gasteiger partial charge in [0.15, 0.2) is 11.5 Å². The van der Waals surface area contributed by atoms with Crippen LogP contribution in [0.4, 0.5) is 0 Å². The monoisotopic (exact) mass is 325 g/mol. The van der Waals surface area contributed by atoms with Crippen molar-refractivity contribution in [3.8, 4) is 11.8 Å². The predicted molar refractivity (Wildman–Crippen MR) is 89.2 cm³/mol. The van der Waals surface area contributed by atoms with Crippen molar-refractivity contribution >= 4 is 0 Å². The van der Waals surface area contributed by atoms with Crippen molar-refractivity contribution in [1.29, 1.82) is 5.26 Å². The van der Waals surface area contributed by atoms with Crippen molar-refractivity contribution in [3.63, 3.8) is 0 Å². The summed E-state index contributed by atoms with van der Waals surface area (Å²) in [5, 5.41) is 21.4. The van der Waals surface area contributed by atoms with Crippen molar-refractivity contribution < 1.29 is 0 Å². The van der Waals surface area contributed by atoms with Gasteiger partial charge in [-0.25, -0.2) is 4.98 Å². The van der Waals surface area contributed by atoms with Crippen LogP contribution in [0, 0.1) is 11.3 Å². The van der Waals surface area contributed by atoms with Crippen molar-refractivity contribution in [2.24, 2.45) is 0 Å². The number of pyridine rings is 1. The largest absolute Gasteiger partial charge is 0.290 e. The fraction of sp³-hybridized carbons (Fsp3) is 0.588. The van der Waals surface area contributed by atoms with Gasteiger partial charge < -0.3 is 0 Å². The summed E-state index contributed by atoms with van der Waals surface area (Å²) in [5.74, 6) is 0.749. The maximum Gasteiger partial charge on any atom is 0.170 e. The SMILES string of the molecule is CC(C)N(Cc1nnnn1-c1cccnc1C#N)C1CCCCC1. The molecule has 126 valence electrons. The average Bonchev–Trinajstić information content (AvgIpc) is 3.08. The fourth-order valence-electron chi connectivity index (χ4n) is 3.45. The van der Waals surface area contributed by atoms with Crippen molar-refractivity contribution in [2.75, 3.05) is 0 Å². The van der Waals surface area contributed by atoms with E-state index in [1.54, 1.807) is 16.9 Å². The summed E-state index contributed by atoms with van der Waals surface area (Å²) in [6.07, 6.45) is 7.99. The smallest absolute Gasteiger partial charge is 0.170 e. The molecule has 0 bridgehead atoms. The molecule has 7 nitrogen and oxygen atoms in total. The van der Waals surface area contributed by atoms with Gasteiger partial charge in [-0.15, -0.1) is 5.10 Å². The molecule has 0 amide bonds. The second-order valence-corrected chi connectivity index (χ2v) is 6.55. The number of nitrogens with zero attached hydrogens (tertiary/aromatic N) is 7. The van der Waals surface area contributed by atoms with E-state index in [4.69, 9.17) is 0 Å². The first-order valence-corrected chi connectivity index (χ1v) is 8.59. The lowest BCUT2D eigenvalue weighted by Crippen LogP contribution is -2.41. The lowest BCUT2D eigenvalue weighted by Gasteiger charge is -2.36. The third-order valence-corrected chi connectivity index (χ3v) is 4.69. The zero-order chi connectivity index (χ0) is 16.9. The molecule has 2 aromatic rings. The van der Waals surface area contributed by atoms with Crippen molar-refractivity contribution in [2.45, 2.75) is 64.6 Å². The highest BCUT2D eigenvalue weighted by molar-refractivity contribution is 5.43. The van der Waals surface area contributed by atoms with Crippen LogP contribution in [0.5, 0.6) is 0 Å². The first kappa shape index (κ1) is 16.5. The first-order chi connectivity index (χ1) is 11.7. The average molecular weight is 325 g/mol. The van der Waals surface area contributed by atoms with Crippen LogP contribution in [0.1, 0.15) is 57.5 Å². The number of nitriles is 1. The van der Waals surface area contributed by atoms with Crippen LogP contribution in [0.25, 0.3) is 5.69 Å². The van der Waals surface area contributed by atoms with E-state index in [1.165, 1.54) is 32.1 Å². The minimum Gasteiger partial charge on any atom is -0.290 e. The zero-order valence-corrected chi connectivity index (χ0v) is 14.3. The summed E-state index contributed by atoms with van der Waals surface area (Å²) in [7, 11) is 0. The van der Waals surface area contributed by atoms with E-state index in [-0.39, 0.29) is 0 Å². The van der Waals surface area contributed by atoms with E-state index in [2.05, 4.69) is 45.3 Å². The lowest BCUT2D eigenvalue weighted by molar-refractivity contribution is 0.108. The van der Waals surface area contributed by atoms with Crippen molar-refractivity contribution in [1.82, 2.24) is 30.1 Å². The minimum atomic E-state index is 0.333. The zero-order valence-electron chi connectivity index (χ0n) is 14.3. The minimum absolute atomic E-state index is 0.333. The van der Waals surface area contributed by atoms with Gasteiger partial charge in [0.25, 0.3) is 0 Å². The second-order valence-electron chi connectivity index (χ2n) is 6.55. The summed E-state index contributed by atoms with van der Waals surface area (Å²) >= 11 is 0. The summed E-state index contributed by atoms with van der Waals surface area (Å²) in [5.41, 5.74) is 0.965. The molecule has 2 heterocycles. The molecular weight excluding hydrogens is 302 g/mol. The van der Waals surface area contributed by atoms with Crippen LogP contribution in [-0.2, 0) is 6.54 Å². The second kappa shape index (κ2) is 7.49. The molecule has 0 radical (unpaired) electrons. The fourth-order valence-corrected chi connectivity index (χ4v) is 3.45. The molecule has 24 heavy (non-hydrogen) atoms. The molecule has 2 aromatic heterocycles. The Morgan fingerprint density at radius 1 is 1.33 bits per heavy atom. The normalized spacial score (nSPS) is 15.8. The Kier molecular flexibility index (Phi) is 5.16. The molecule has 1 aliphatic carbocycles. The third-order valence-electron chi connectivity index (χ3n) is 4.69. The highest BCUT2D eigenvalue weighted by Gasteiger charge is 2.25. The molecule has 0 aliphatic heterocycles. The lowest BCUT2D eigenvalue weighted by atomic mass is 9.93. The molecule has 1 aliphatic rings. The molecular formula is C17H23N7. The van der Waals surface area contributed by atoms with Crippen LogP contribution in [-0.4, -0.2) is 42.2 Å². The quantitative estimate of drug-likeness (QED) is 0.839. The van der Waals surface area contributed by atoms with Gasteiger partial charge >= 0.3 is 0 Å². The Hall–Kier alpha value is -2.33. The standard InChI is InChI=1S/C17H23N7/c1-13(2)23(14-7-4-3-5-8-14)12-17-20-21-22-24(17)16-9-6-10-19-15(16)11-18/h6,9-10,13-14H,3-5,7-8,12H2,1-2H3. The van der Waals surface area contributed by atoms with Crippen LogP contribution in [0.15, 0.2) is 18.3 Å². The molecule has 1 fully saturated rings. The summed E-state index contributed by atoms with van der Waals surface area (Å²) in [6.45, 7) is 5.11. The van der Waals surface area contributed by atoms with E-state index < -0.39 is 0 Å². The number of hydrogen-bond acceptors (Lipinski definition) is 6. The number of aromatic nitrogens is 5. The number of rotatable bonds is 5. The summed E-state index contributed by atoms with van der Waals surface area (Å²) in [4.78, 5) is 6.58. The van der Waals surface area contributed by atoms with E-state index in [9.17, 15) is 5.26 Å². The Balaban J connectivity index is 1.88. The maximum atomic E-state index is 9.28. The van der Waals surface area contributed by atoms with Gasteiger partial charge in [-0.1, -0.05) is 19.3 Å². The van der Waals surface area contributed by atoms with Gasteiger partial charge in [0.05, 0.1) is 6.54 Å². The molecule has 1 saturated carbocycles. The summed E-state index contributed by atoms with van der Waals surface area (Å²) < 4.78 is 1.64. The Bertz CT molecular complexity index is 710. The summed E-state index contributed by atoms with van der Waals surface area (Å²) in [6, 6.07) is 6.73. The highest BCUT2D eigenvalue weighted by Crippen LogP contribution is 2.25. The van der Waals surface area contributed by atoms with Crippen LogP contribution in [0.3, 0.4) is 0 Å². The molecule has 0 N–H and O–H groups in total. The van der Waals surface area contributed by atoms with Gasteiger partial charge in [-0.3, -0.25) is 4.90 Å². The Labute approximate surface area is 142 Å². The van der Waals surface area contributed by atoms with E-state index >= 15 is 0 Å². The highest BCUT2D eigenvalue weighted by atomic mass is 15.5. The van der Waals surface area contributed by atoms with E-state index in [0.717, 1.165) is 5.82 Å². The van der Waals surface area contributed by atoms with E-state index in [1.807, 2.05) is 6.07 Å². The Morgan fingerprint density at radius 3 is 2.83 bits per heavy atom. The van der Waals surface area contributed by atoms with Gasteiger partial charge in [-0.05, 0) is 49.2 Å². The van der Waals surface area contributed by atoms with E-state index in [0.29, 0.717) is 30.0 Å². The molecule has 3 rings (SSSR count). The van der Waals surface area contributed by atoms with Gasteiger partial charge in [0.2, 0.25) is 0 Å². The maximum absolute atomic E-state index is 9.28. The number of hydrogen-bond donors (Lipinski definition) is 0. The molecule has 0 unspecified atom stereocenters. The topological polar surface area (TPSA) is 83.5 Å². The van der Waals surface area contributed by atoms with Gasteiger partial charge in [0, 0.05) is 18.3 Å². The number of tetrazole rings is 1. The van der Waals surface area contributed by atoms with Crippen LogP contribution < -0.4 is 0 Å². The molecule has 0 saturated heterocycles. The van der Waals surface area contributed by atoms with Crippen molar-refractivity contribution in [3.05, 3.63) is 29.8 Å². The molecule has 7 heteroatoms. The van der Waals surface area contributed by atoms with Gasteiger partial charge in [-0.2, -0.15) is 9.94 Å². The van der Waals surface area contributed by atoms with Crippen LogP contribution in [0.2, 0.25) is 0 Å². The molecule has 0 aromatic carbocycles. The van der Waals surface area contributed by atoms with Crippen LogP contribution >= 0.6 is 0 Å². The molecule has 0 atom stereocenters. The third kappa shape index (κ3) is 3.44. The predicted octanol–water partition coefficient (Wildman–Crippen LogP) is 2.47. The van der Waals surface area contributed by atoms with Gasteiger partial charge in [0.1, 0.15) is 11.8 Å². The first-order valence-electron chi connectivity index (χ1n) is 8.59.